The molecule has 0 spiro atoms. The van der Waals surface area contributed by atoms with Gasteiger partial charge < -0.3 is 11.5 Å². The third-order valence-electron chi connectivity index (χ3n) is 3.05. The summed E-state index contributed by atoms with van der Waals surface area (Å²) in [5.41, 5.74) is 14.7. The van der Waals surface area contributed by atoms with Gasteiger partial charge in [-0.1, -0.05) is 23.5 Å². The van der Waals surface area contributed by atoms with Crippen LogP contribution < -0.4 is 11.5 Å². The number of nitrogens with two attached hydrogens (primary N) is 2. The zero-order valence-electron chi connectivity index (χ0n) is 10.5. The van der Waals surface area contributed by atoms with Crippen LogP contribution in [0.2, 0.25) is 0 Å². The number of fused-ring (bicyclic) bond motifs is 1. The number of hydrogen-bond donors (Lipinski definition) is 2. The van der Waals surface area contributed by atoms with Crippen molar-refractivity contribution in [3.8, 4) is 0 Å². The summed E-state index contributed by atoms with van der Waals surface area (Å²) in [7, 11) is 0. The van der Waals surface area contributed by atoms with Crippen LogP contribution in [0.1, 0.15) is 17.0 Å². The number of anilines is 2. The Kier molecular flexibility index (Phi) is 2.83. The molecule has 3 aromatic rings. The van der Waals surface area contributed by atoms with Crippen molar-refractivity contribution in [2.75, 3.05) is 11.5 Å². The standard InChI is InChI=1S/C12H14N6S/c1-7-2-3-8(6-9(7)13)4-5-10-15-16-12-18(10)17-11(14)19-12/h2-3,6H,4-5,13H2,1H3,(H2,14,17). The van der Waals surface area contributed by atoms with E-state index in [2.05, 4.69) is 21.4 Å². The van der Waals surface area contributed by atoms with Crippen molar-refractivity contribution in [1.29, 1.82) is 0 Å². The van der Waals surface area contributed by atoms with Gasteiger partial charge in [-0.15, -0.1) is 15.3 Å². The molecule has 0 aliphatic heterocycles. The second-order valence-electron chi connectivity index (χ2n) is 4.44. The maximum atomic E-state index is 5.90. The van der Waals surface area contributed by atoms with Crippen LogP contribution >= 0.6 is 11.3 Å². The van der Waals surface area contributed by atoms with E-state index in [9.17, 15) is 0 Å². The number of nitrogen functional groups attached to an aromatic ring is 2. The fourth-order valence-electron chi connectivity index (χ4n) is 1.93. The average Bonchev–Trinajstić information content (AvgIpc) is 2.90. The summed E-state index contributed by atoms with van der Waals surface area (Å²) < 4.78 is 1.71. The third-order valence-corrected chi connectivity index (χ3v) is 3.78. The molecule has 0 fully saturated rings. The summed E-state index contributed by atoms with van der Waals surface area (Å²) in [5, 5.41) is 12.9. The molecule has 0 bridgehead atoms. The van der Waals surface area contributed by atoms with Crippen molar-refractivity contribution >= 4 is 27.1 Å². The van der Waals surface area contributed by atoms with Crippen LogP contribution in [0.5, 0.6) is 0 Å². The van der Waals surface area contributed by atoms with Gasteiger partial charge in [-0.25, -0.2) is 0 Å². The van der Waals surface area contributed by atoms with E-state index in [1.54, 1.807) is 4.52 Å². The smallest absolute Gasteiger partial charge is 0.236 e. The summed E-state index contributed by atoms with van der Waals surface area (Å²) in [4.78, 5) is 0.732. The van der Waals surface area contributed by atoms with E-state index in [4.69, 9.17) is 11.5 Å². The molecule has 98 valence electrons. The van der Waals surface area contributed by atoms with Gasteiger partial charge in [0.15, 0.2) is 5.82 Å². The number of aromatic nitrogens is 4. The van der Waals surface area contributed by atoms with Gasteiger partial charge in [0, 0.05) is 12.1 Å². The molecule has 3 rings (SSSR count). The number of rotatable bonds is 3. The highest BCUT2D eigenvalue weighted by Crippen LogP contribution is 2.17. The lowest BCUT2D eigenvalue weighted by atomic mass is 10.1. The molecule has 0 saturated heterocycles. The highest BCUT2D eigenvalue weighted by molar-refractivity contribution is 7.20. The lowest BCUT2D eigenvalue weighted by Crippen LogP contribution is -2.00. The Bertz CT molecular complexity index is 729. The highest BCUT2D eigenvalue weighted by Gasteiger charge is 2.10. The second kappa shape index (κ2) is 4.51. The van der Waals surface area contributed by atoms with Gasteiger partial charge in [-0.3, -0.25) is 0 Å². The van der Waals surface area contributed by atoms with E-state index in [1.165, 1.54) is 16.9 Å². The zero-order chi connectivity index (χ0) is 13.4. The largest absolute Gasteiger partial charge is 0.399 e. The van der Waals surface area contributed by atoms with Crippen molar-refractivity contribution in [1.82, 2.24) is 19.8 Å². The van der Waals surface area contributed by atoms with Crippen molar-refractivity contribution < 1.29 is 0 Å². The first-order valence-corrected chi connectivity index (χ1v) is 6.77. The molecule has 0 amide bonds. The van der Waals surface area contributed by atoms with Crippen molar-refractivity contribution in [3.63, 3.8) is 0 Å². The van der Waals surface area contributed by atoms with Crippen LogP contribution in [0, 0.1) is 6.92 Å². The molecule has 0 radical (unpaired) electrons. The van der Waals surface area contributed by atoms with Gasteiger partial charge >= 0.3 is 0 Å². The molecule has 2 heterocycles. The molecule has 7 heteroatoms. The van der Waals surface area contributed by atoms with Crippen molar-refractivity contribution in [3.05, 3.63) is 35.2 Å². The normalized spacial score (nSPS) is 11.2. The monoisotopic (exact) mass is 274 g/mol. The summed E-state index contributed by atoms with van der Waals surface area (Å²) in [5.74, 6) is 0.821. The Hall–Kier alpha value is -2.15. The van der Waals surface area contributed by atoms with Crippen LogP contribution in [0.25, 0.3) is 4.96 Å². The molecule has 0 saturated carbocycles. The SMILES string of the molecule is Cc1ccc(CCc2nnc3sc(N)nn23)cc1N. The molecule has 0 unspecified atom stereocenters. The predicted molar refractivity (Wildman–Crippen MR) is 76.1 cm³/mol. The van der Waals surface area contributed by atoms with E-state index in [1.807, 2.05) is 19.1 Å². The molecule has 6 nitrogen and oxygen atoms in total. The van der Waals surface area contributed by atoms with E-state index >= 15 is 0 Å². The number of nitrogens with zero attached hydrogens (tertiary/aromatic N) is 4. The molecule has 0 aliphatic carbocycles. The number of hydrogen-bond acceptors (Lipinski definition) is 6. The minimum absolute atomic E-state index is 0.505. The van der Waals surface area contributed by atoms with Crippen LogP contribution in [-0.2, 0) is 12.8 Å². The van der Waals surface area contributed by atoms with Crippen LogP contribution in [0.15, 0.2) is 18.2 Å². The lowest BCUT2D eigenvalue weighted by molar-refractivity contribution is 0.794. The Morgan fingerprint density at radius 3 is 2.84 bits per heavy atom. The maximum Gasteiger partial charge on any atom is 0.236 e. The molecule has 2 aromatic heterocycles. The van der Waals surface area contributed by atoms with Crippen LogP contribution in [-0.4, -0.2) is 19.8 Å². The molecular weight excluding hydrogens is 260 g/mol. The molecule has 1 aromatic carbocycles. The molecule has 19 heavy (non-hydrogen) atoms. The van der Waals surface area contributed by atoms with Crippen molar-refractivity contribution in [2.45, 2.75) is 19.8 Å². The zero-order valence-corrected chi connectivity index (χ0v) is 11.3. The second-order valence-corrected chi connectivity index (χ2v) is 5.43. The Labute approximate surface area is 114 Å². The van der Waals surface area contributed by atoms with Crippen LogP contribution in [0.4, 0.5) is 10.8 Å². The first-order chi connectivity index (χ1) is 9.13. The Morgan fingerprint density at radius 1 is 1.21 bits per heavy atom. The summed E-state index contributed by atoms with van der Waals surface area (Å²) in [6.45, 7) is 2.00. The fourth-order valence-corrected chi connectivity index (χ4v) is 2.55. The summed E-state index contributed by atoms with van der Waals surface area (Å²) >= 11 is 1.34. The molecule has 0 atom stereocenters. The Morgan fingerprint density at radius 2 is 2.05 bits per heavy atom. The van der Waals surface area contributed by atoms with Gasteiger partial charge in [0.05, 0.1) is 0 Å². The predicted octanol–water partition coefficient (Wildman–Crippen LogP) is 1.44. The topological polar surface area (TPSA) is 95.1 Å². The van der Waals surface area contributed by atoms with Crippen molar-refractivity contribution in [2.24, 2.45) is 0 Å². The quantitative estimate of drug-likeness (QED) is 0.705. The van der Waals surface area contributed by atoms with E-state index < -0.39 is 0 Å². The van der Waals surface area contributed by atoms with Gasteiger partial charge in [0.25, 0.3) is 0 Å². The molecule has 4 N–H and O–H groups in total. The number of aryl methyl sites for hydroxylation is 3. The van der Waals surface area contributed by atoms with Gasteiger partial charge in [0.2, 0.25) is 10.1 Å². The number of benzene rings is 1. The summed E-state index contributed by atoms with van der Waals surface area (Å²) in [6, 6.07) is 6.12. The maximum absolute atomic E-state index is 5.90. The fraction of sp³-hybridized carbons (Fsp3) is 0.250. The minimum atomic E-state index is 0.505. The lowest BCUT2D eigenvalue weighted by Gasteiger charge is -2.04. The highest BCUT2D eigenvalue weighted by atomic mass is 32.1. The van der Waals surface area contributed by atoms with E-state index in [0.717, 1.165) is 34.9 Å². The minimum Gasteiger partial charge on any atom is -0.399 e. The first kappa shape index (κ1) is 11.9. The molecule has 0 aliphatic rings. The first-order valence-electron chi connectivity index (χ1n) is 5.95. The van der Waals surface area contributed by atoms with Gasteiger partial charge in [-0.05, 0) is 30.5 Å². The van der Waals surface area contributed by atoms with E-state index in [0.29, 0.717) is 5.13 Å². The summed E-state index contributed by atoms with van der Waals surface area (Å²) in [6.07, 6.45) is 1.61. The van der Waals surface area contributed by atoms with Gasteiger partial charge in [-0.2, -0.15) is 4.52 Å². The average molecular weight is 274 g/mol. The van der Waals surface area contributed by atoms with Gasteiger partial charge in [0.1, 0.15) is 0 Å². The molecular formula is C12H14N6S. The van der Waals surface area contributed by atoms with Crippen LogP contribution in [0.3, 0.4) is 0 Å². The third kappa shape index (κ3) is 2.24. The van der Waals surface area contributed by atoms with E-state index in [-0.39, 0.29) is 0 Å². The Balaban J connectivity index is 1.79.